The average Bonchev–Trinajstić information content (AvgIpc) is 2.86. The minimum atomic E-state index is -0.640. The number of hydrogen-bond donors (Lipinski definition) is 1. The average molecular weight is 338 g/mol. The quantitative estimate of drug-likeness (QED) is 0.838. The lowest BCUT2D eigenvalue weighted by atomic mass is 9.93. The van der Waals surface area contributed by atoms with E-state index >= 15 is 0 Å². The van der Waals surface area contributed by atoms with Crippen molar-refractivity contribution < 1.29 is 9.90 Å². The number of rotatable bonds is 5. The fourth-order valence-electron chi connectivity index (χ4n) is 2.71. The van der Waals surface area contributed by atoms with Crippen molar-refractivity contribution in [2.45, 2.75) is 39.3 Å². The van der Waals surface area contributed by atoms with E-state index in [9.17, 15) is 9.90 Å². The number of amides is 1. The van der Waals surface area contributed by atoms with Gasteiger partial charge in [-0.15, -0.1) is 0 Å². The van der Waals surface area contributed by atoms with Crippen molar-refractivity contribution in [1.82, 2.24) is 4.90 Å². The van der Waals surface area contributed by atoms with Crippen LogP contribution in [0.3, 0.4) is 0 Å². The van der Waals surface area contributed by atoms with Gasteiger partial charge in [-0.25, -0.2) is 0 Å². The molecule has 1 aliphatic heterocycles. The number of carbonyl (C=O) groups is 1. The van der Waals surface area contributed by atoms with Crippen LogP contribution < -0.4 is 0 Å². The van der Waals surface area contributed by atoms with Crippen molar-refractivity contribution in [2.24, 2.45) is 11.8 Å². The Bertz CT molecular complexity index is 533. The smallest absolute Gasteiger partial charge is 0.233 e. The Labute approximate surface area is 142 Å². The van der Waals surface area contributed by atoms with E-state index in [2.05, 4.69) is 12.1 Å². The highest BCUT2D eigenvalue weighted by molar-refractivity contribution is 8.23. The number of aliphatic hydroxyl groups excluding tert-OH is 1. The molecule has 3 nitrogen and oxygen atoms in total. The number of hydrogen-bond acceptors (Lipinski definition) is 4. The summed E-state index contributed by atoms with van der Waals surface area (Å²) in [4.78, 5) is 14.5. The number of benzene rings is 1. The van der Waals surface area contributed by atoms with Crippen molar-refractivity contribution in [3.05, 3.63) is 35.9 Å². The van der Waals surface area contributed by atoms with Crippen molar-refractivity contribution >= 4 is 34.2 Å². The van der Waals surface area contributed by atoms with Crippen molar-refractivity contribution in [3.8, 4) is 0 Å². The molecule has 3 atom stereocenters. The number of thiocarbonyl (C=S) groups is 1. The Morgan fingerprint density at radius 1 is 1.36 bits per heavy atom. The van der Waals surface area contributed by atoms with Crippen LogP contribution in [0.2, 0.25) is 0 Å². The summed E-state index contributed by atoms with van der Waals surface area (Å²) in [6.07, 6.45) is 0.155. The van der Waals surface area contributed by atoms with E-state index in [0.717, 1.165) is 12.2 Å². The second-order valence-electron chi connectivity index (χ2n) is 6.15. The molecule has 1 heterocycles. The van der Waals surface area contributed by atoms with Gasteiger partial charge in [0.25, 0.3) is 0 Å². The summed E-state index contributed by atoms with van der Waals surface area (Å²) in [5, 5.41) is 10.2. The van der Waals surface area contributed by atoms with Gasteiger partial charge in [0.15, 0.2) is 0 Å². The maximum absolute atomic E-state index is 12.8. The van der Waals surface area contributed by atoms with Gasteiger partial charge in [-0.05, 0) is 17.9 Å². The molecule has 0 spiro atoms. The molecule has 1 fully saturated rings. The molecule has 2 rings (SSSR count). The molecular weight excluding hydrogens is 314 g/mol. The van der Waals surface area contributed by atoms with Gasteiger partial charge in [-0.2, -0.15) is 0 Å². The minimum Gasteiger partial charge on any atom is -0.392 e. The van der Waals surface area contributed by atoms with Crippen LogP contribution in [0.1, 0.15) is 26.3 Å². The van der Waals surface area contributed by atoms with E-state index in [1.54, 1.807) is 23.6 Å². The highest BCUT2D eigenvalue weighted by Gasteiger charge is 2.38. The number of carbonyl (C=O) groups excluding carboxylic acids is 1. The molecule has 0 aliphatic carbocycles. The molecule has 0 unspecified atom stereocenters. The summed E-state index contributed by atoms with van der Waals surface area (Å²) in [6.45, 7) is 5.64. The maximum Gasteiger partial charge on any atom is 0.233 e. The predicted octanol–water partition coefficient (Wildman–Crippen LogP) is 3.11. The number of nitrogens with zero attached hydrogens (tertiary/aromatic N) is 1. The largest absolute Gasteiger partial charge is 0.392 e. The molecule has 1 amide bonds. The number of aliphatic hydroxyl groups is 1. The summed E-state index contributed by atoms with van der Waals surface area (Å²) >= 11 is 6.92. The highest BCUT2D eigenvalue weighted by atomic mass is 32.2. The normalized spacial score (nSPS) is 21.2. The first-order valence-electron chi connectivity index (χ1n) is 7.63. The van der Waals surface area contributed by atoms with Gasteiger partial charge >= 0.3 is 0 Å². The monoisotopic (exact) mass is 337 g/mol. The number of thioether (sulfide) groups is 1. The SMILES string of the molecule is CC(C)[C@H](O)[C@@H](C)C(=O)N1C(=S)SC[C@@H]1Cc1ccccc1. The molecule has 1 aromatic carbocycles. The standard InChI is InChI=1S/C17H23NO2S2/c1-11(2)15(19)12(3)16(20)18-14(10-22-17(18)21)9-13-7-5-4-6-8-13/h4-8,11-12,14-15,19H,9-10H2,1-3H3/t12-,14+,15+/m1/s1. The Balaban J connectivity index is 2.12. The van der Waals surface area contributed by atoms with E-state index in [4.69, 9.17) is 12.2 Å². The van der Waals surface area contributed by atoms with Crippen LogP contribution in [0.5, 0.6) is 0 Å². The predicted molar refractivity (Wildman–Crippen MR) is 95.8 cm³/mol. The Kier molecular flexibility index (Phi) is 6.01. The molecule has 0 aromatic heterocycles. The van der Waals surface area contributed by atoms with Crippen molar-refractivity contribution in [2.75, 3.05) is 5.75 Å². The third-order valence-electron chi connectivity index (χ3n) is 4.10. The van der Waals surface area contributed by atoms with Crippen LogP contribution in [0.15, 0.2) is 30.3 Å². The Morgan fingerprint density at radius 3 is 2.59 bits per heavy atom. The van der Waals surface area contributed by atoms with Crippen LogP contribution in [-0.4, -0.2) is 38.1 Å². The molecule has 1 saturated heterocycles. The van der Waals surface area contributed by atoms with E-state index in [0.29, 0.717) is 4.32 Å². The molecule has 1 N–H and O–H groups in total. The Morgan fingerprint density at radius 2 is 2.00 bits per heavy atom. The molecule has 1 aliphatic rings. The third-order valence-corrected chi connectivity index (χ3v) is 5.64. The summed E-state index contributed by atoms with van der Waals surface area (Å²) in [5.74, 6) is 0.381. The fraction of sp³-hybridized carbons (Fsp3) is 0.529. The first kappa shape index (κ1) is 17.4. The molecule has 120 valence electrons. The van der Waals surface area contributed by atoms with Crippen molar-refractivity contribution in [1.29, 1.82) is 0 Å². The summed E-state index contributed by atoms with van der Waals surface area (Å²) in [5.41, 5.74) is 1.20. The zero-order valence-electron chi connectivity index (χ0n) is 13.2. The lowest BCUT2D eigenvalue weighted by molar-refractivity contribution is -0.136. The van der Waals surface area contributed by atoms with E-state index in [1.165, 1.54) is 5.56 Å². The van der Waals surface area contributed by atoms with Gasteiger partial charge < -0.3 is 5.11 Å². The first-order valence-corrected chi connectivity index (χ1v) is 9.03. The second kappa shape index (κ2) is 7.57. The Hall–Kier alpha value is -0.910. The van der Waals surface area contributed by atoms with Gasteiger partial charge in [0.2, 0.25) is 5.91 Å². The summed E-state index contributed by atoms with van der Waals surface area (Å²) in [6, 6.07) is 10.2. The second-order valence-corrected chi connectivity index (χ2v) is 7.81. The molecule has 1 aromatic rings. The van der Waals surface area contributed by atoms with Gasteiger partial charge in [0.05, 0.1) is 18.1 Å². The topological polar surface area (TPSA) is 40.5 Å². The third kappa shape index (κ3) is 3.89. The van der Waals surface area contributed by atoms with Crippen LogP contribution in [-0.2, 0) is 11.2 Å². The minimum absolute atomic E-state index is 0.0513. The van der Waals surface area contributed by atoms with Crippen LogP contribution >= 0.6 is 24.0 Å². The maximum atomic E-state index is 12.8. The van der Waals surface area contributed by atoms with Crippen LogP contribution in [0.4, 0.5) is 0 Å². The molecule has 0 radical (unpaired) electrons. The van der Waals surface area contributed by atoms with Crippen LogP contribution in [0.25, 0.3) is 0 Å². The molecule has 0 saturated carbocycles. The molecule has 5 heteroatoms. The van der Waals surface area contributed by atoms with E-state index in [1.807, 2.05) is 32.0 Å². The lowest BCUT2D eigenvalue weighted by Crippen LogP contribution is -2.46. The lowest BCUT2D eigenvalue weighted by Gasteiger charge is -2.29. The van der Waals surface area contributed by atoms with Gasteiger partial charge in [-0.1, -0.05) is 75.1 Å². The fourth-order valence-corrected chi connectivity index (χ4v) is 4.13. The van der Waals surface area contributed by atoms with Gasteiger partial charge in [0, 0.05) is 5.75 Å². The molecular formula is C17H23NO2S2. The van der Waals surface area contributed by atoms with Crippen molar-refractivity contribution in [3.63, 3.8) is 0 Å². The van der Waals surface area contributed by atoms with Crippen LogP contribution in [0, 0.1) is 11.8 Å². The first-order chi connectivity index (χ1) is 10.4. The summed E-state index contributed by atoms with van der Waals surface area (Å²) in [7, 11) is 0. The zero-order valence-corrected chi connectivity index (χ0v) is 14.9. The van der Waals surface area contributed by atoms with E-state index in [-0.39, 0.29) is 17.9 Å². The van der Waals surface area contributed by atoms with Gasteiger partial charge in [0.1, 0.15) is 4.32 Å². The molecule has 0 bridgehead atoms. The summed E-state index contributed by atoms with van der Waals surface area (Å²) < 4.78 is 0.633. The van der Waals surface area contributed by atoms with E-state index < -0.39 is 12.0 Å². The van der Waals surface area contributed by atoms with Gasteiger partial charge in [-0.3, -0.25) is 9.69 Å². The molecule has 22 heavy (non-hydrogen) atoms. The highest BCUT2D eigenvalue weighted by Crippen LogP contribution is 2.29. The zero-order chi connectivity index (χ0) is 16.3.